The van der Waals surface area contributed by atoms with Gasteiger partial charge in [0.15, 0.2) is 11.6 Å². The summed E-state index contributed by atoms with van der Waals surface area (Å²) in [6.07, 6.45) is 2.73. The monoisotopic (exact) mass is 388 g/mol. The number of allylic oxidation sites excluding steroid dienone is 1. The molecule has 2 aromatic carbocycles. The van der Waals surface area contributed by atoms with Crippen molar-refractivity contribution in [3.8, 4) is 0 Å². The average molecular weight is 388 g/mol. The SMILES string of the molecule is C=C(O)CCn1cc(Cc2nc3c(F)c(F)cc(F)c3s2)c2ccccc21. The van der Waals surface area contributed by atoms with Crippen LogP contribution in [0.2, 0.25) is 0 Å². The van der Waals surface area contributed by atoms with Gasteiger partial charge in [-0.1, -0.05) is 24.8 Å². The molecule has 0 amide bonds. The molecule has 7 heteroatoms. The lowest BCUT2D eigenvalue weighted by molar-refractivity contribution is 0.382. The second kappa shape index (κ2) is 6.74. The fraction of sp³-hybridized carbons (Fsp3) is 0.150. The van der Waals surface area contributed by atoms with E-state index in [0.29, 0.717) is 30.5 Å². The molecule has 0 saturated heterocycles. The van der Waals surface area contributed by atoms with Crippen molar-refractivity contribution in [2.75, 3.05) is 0 Å². The molecule has 0 radical (unpaired) electrons. The van der Waals surface area contributed by atoms with Crippen LogP contribution >= 0.6 is 11.3 Å². The van der Waals surface area contributed by atoms with Crippen LogP contribution in [0.25, 0.3) is 21.1 Å². The van der Waals surface area contributed by atoms with Gasteiger partial charge in [-0.15, -0.1) is 11.3 Å². The van der Waals surface area contributed by atoms with Crippen LogP contribution in [0.5, 0.6) is 0 Å². The van der Waals surface area contributed by atoms with E-state index in [4.69, 9.17) is 0 Å². The number of fused-ring (bicyclic) bond motifs is 2. The number of aryl methyl sites for hydroxylation is 1. The normalized spacial score (nSPS) is 11.5. The highest BCUT2D eigenvalue weighted by Gasteiger charge is 2.18. The van der Waals surface area contributed by atoms with Crippen molar-refractivity contribution in [2.24, 2.45) is 0 Å². The van der Waals surface area contributed by atoms with Gasteiger partial charge in [-0.3, -0.25) is 0 Å². The van der Waals surface area contributed by atoms with Gasteiger partial charge in [-0.25, -0.2) is 18.2 Å². The predicted molar refractivity (Wildman–Crippen MR) is 101 cm³/mol. The van der Waals surface area contributed by atoms with Crippen molar-refractivity contribution in [3.63, 3.8) is 0 Å². The highest BCUT2D eigenvalue weighted by Crippen LogP contribution is 2.31. The number of halogens is 3. The topological polar surface area (TPSA) is 38.0 Å². The molecule has 0 saturated carbocycles. The van der Waals surface area contributed by atoms with E-state index in [2.05, 4.69) is 11.6 Å². The van der Waals surface area contributed by atoms with E-state index in [-0.39, 0.29) is 16.0 Å². The summed E-state index contributed by atoms with van der Waals surface area (Å²) in [5.41, 5.74) is 1.65. The van der Waals surface area contributed by atoms with Crippen molar-refractivity contribution in [2.45, 2.75) is 19.4 Å². The van der Waals surface area contributed by atoms with Crippen LogP contribution in [-0.4, -0.2) is 14.7 Å². The van der Waals surface area contributed by atoms with Gasteiger partial charge >= 0.3 is 0 Å². The van der Waals surface area contributed by atoms with Gasteiger partial charge in [-0.2, -0.15) is 0 Å². The molecule has 0 atom stereocenters. The second-order valence-electron chi connectivity index (χ2n) is 6.30. The third-order valence-electron chi connectivity index (χ3n) is 4.41. The van der Waals surface area contributed by atoms with Crippen molar-refractivity contribution in [1.29, 1.82) is 0 Å². The Balaban J connectivity index is 1.75. The minimum atomic E-state index is -1.24. The molecule has 0 fully saturated rings. The second-order valence-corrected chi connectivity index (χ2v) is 7.38. The Hall–Kier alpha value is -2.80. The number of aliphatic hydroxyl groups excluding tert-OH is 1. The third-order valence-corrected chi connectivity index (χ3v) is 5.48. The Labute approximate surface area is 157 Å². The summed E-state index contributed by atoms with van der Waals surface area (Å²) < 4.78 is 43.3. The summed E-state index contributed by atoms with van der Waals surface area (Å²) in [7, 11) is 0. The molecule has 138 valence electrons. The number of rotatable bonds is 5. The van der Waals surface area contributed by atoms with Crippen LogP contribution in [0, 0.1) is 17.5 Å². The Morgan fingerprint density at radius 1 is 1.19 bits per heavy atom. The molecule has 0 aliphatic heterocycles. The summed E-state index contributed by atoms with van der Waals surface area (Å²) in [6.45, 7) is 4.06. The quantitative estimate of drug-likeness (QED) is 0.351. The number of aromatic nitrogens is 2. The van der Waals surface area contributed by atoms with Crippen molar-refractivity contribution >= 4 is 32.5 Å². The zero-order valence-corrected chi connectivity index (χ0v) is 15.0. The Kier molecular flexibility index (Phi) is 4.39. The van der Waals surface area contributed by atoms with Crippen LogP contribution in [0.15, 0.2) is 48.9 Å². The molecular weight excluding hydrogens is 373 g/mol. The molecule has 3 nitrogen and oxygen atoms in total. The molecule has 4 aromatic rings. The van der Waals surface area contributed by atoms with Gasteiger partial charge in [0.05, 0.1) is 15.5 Å². The molecule has 2 aromatic heterocycles. The third kappa shape index (κ3) is 3.19. The minimum absolute atomic E-state index is 0.0178. The maximum Gasteiger partial charge on any atom is 0.186 e. The van der Waals surface area contributed by atoms with Gasteiger partial charge in [0.25, 0.3) is 0 Å². The molecular formula is C20H15F3N2OS. The van der Waals surface area contributed by atoms with Crippen LogP contribution in [-0.2, 0) is 13.0 Å². The van der Waals surface area contributed by atoms with Crippen LogP contribution in [0.3, 0.4) is 0 Å². The highest BCUT2D eigenvalue weighted by molar-refractivity contribution is 7.18. The lowest BCUT2D eigenvalue weighted by Gasteiger charge is -2.03. The standard InChI is InChI=1S/C20H15F3N2OS/c1-11(26)6-7-25-10-12(13-4-2-3-5-16(13)25)8-17-24-19-18(23)14(21)9-15(22)20(19)27-17/h2-5,9-10,26H,1,6-8H2. The number of hydrogen-bond donors (Lipinski definition) is 1. The fourth-order valence-corrected chi connectivity index (χ4v) is 4.15. The van der Waals surface area contributed by atoms with E-state index in [0.717, 1.165) is 27.8 Å². The molecule has 0 bridgehead atoms. The van der Waals surface area contributed by atoms with Gasteiger partial charge in [0, 0.05) is 42.6 Å². The number of hydrogen-bond acceptors (Lipinski definition) is 3. The maximum atomic E-state index is 13.9. The van der Waals surface area contributed by atoms with Crippen LogP contribution in [0.1, 0.15) is 17.0 Å². The van der Waals surface area contributed by atoms with E-state index in [1.807, 2.05) is 35.0 Å². The molecule has 4 rings (SSSR count). The Morgan fingerprint density at radius 3 is 2.74 bits per heavy atom. The average Bonchev–Trinajstić information content (AvgIpc) is 3.21. The van der Waals surface area contributed by atoms with Gasteiger partial charge < -0.3 is 9.67 Å². The number of nitrogens with zero attached hydrogens (tertiary/aromatic N) is 2. The first-order valence-corrected chi connectivity index (χ1v) is 9.12. The molecule has 0 aliphatic rings. The lowest BCUT2D eigenvalue weighted by Crippen LogP contribution is -1.97. The smallest absolute Gasteiger partial charge is 0.186 e. The first-order chi connectivity index (χ1) is 12.9. The zero-order valence-electron chi connectivity index (χ0n) is 14.2. The summed E-state index contributed by atoms with van der Waals surface area (Å²) in [5.74, 6) is -3.07. The molecule has 0 unspecified atom stereocenters. The first kappa shape index (κ1) is 17.6. The van der Waals surface area contributed by atoms with Crippen LogP contribution < -0.4 is 0 Å². The number of aliphatic hydroxyl groups is 1. The van der Waals surface area contributed by atoms with Crippen molar-refractivity contribution in [1.82, 2.24) is 9.55 Å². The van der Waals surface area contributed by atoms with Crippen molar-refractivity contribution in [3.05, 3.63) is 76.9 Å². The minimum Gasteiger partial charge on any atom is -0.513 e. The molecule has 27 heavy (non-hydrogen) atoms. The first-order valence-electron chi connectivity index (χ1n) is 8.30. The van der Waals surface area contributed by atoms with E-state index in [9.17, 15) is 18.3 Å². The Bertz CT molecular complexity index is 1180. The Morgan fingerprint density at radius 2 is 1.96 bits per heavy atom. The molecule has 0 spiro atoms. The van der Waals surface area contributed by atoms with E-state index >= 15 is 0 Å². The predicted octanol–water partition coefficient (Wildman–Crippen LogP) is 5.72. The largest absolute Gasteiger partial charge is 0.513 e. The summed E-state index contributed by atoms with van der Waals surface area (Å²) >= 11 is 1.02. The van der Waals surface area contributed by atoms with E-state index in [1.165, 1.54) is 0 Å². The fourth-order valence-electron chi connectivity index (χ4n) is 3.17. The van der Waals surface area contributed by atoms with Gasteiger partial charge in [-0.05, 0) is 11.6 Å². The lowest BCUT2D eigenvalue weighted by atomic mass is 10.1. The van der Waals surface area contributed by atoms with Crippen LogP contribution in [0.4, 0.5) is 13.2 Å². The van der Waals surface area contributed by atoms with E-state index < -0.39 is 17.5 Å². The summed E-state index contributed by atoms with van der Waals surface area (Å²) in [5, 5.41) is 10.9. The highest BCUT2D eigenvalue weighted by atomic mass is 32.1. The van der Waals surface area contributed by atoms with Gasteiger partial charge in [0.1, 0.15) is 11.3 Å². The van der Waals surface area contributed by atoms with Crippen molar-refractivity contribution < 1.29 is 18.3 Å². The zero-order chi connectivity index (χ0) is 19.1. The number of para-hydroxylation sites is 1. The summed E-state index contributed by atoms with van der Waals surface area (Å²) in [4.78, 5) is 4.12. The number of benzene rings is 2. The molecule has 0 aliphatic carbocycles. The number of thiazole rings is 1. The molecule has 1 N–H and O–H groups in total. The molecule has 2 heterocycles. The van der Waals surface area contributed by atoms with Gasteiger partial charge in [0.2, 0.25) is 0 Å². The maximum absolute atomic E-state index is 13.9. The van der Waals surface area contributed by atoms with E-state index in [1.54, 1.807) is 0 Å². The summed E-state index contributed by atoms with van der Waals surface area (Å²) in [6, 6.07) is 8.30.